The van der Waals surface area contributed by atoms with Gasteiger partial charge in [0.1, 0.15) is 17.5 Å². The second kappa shape index (κ2) is 7.45. The minimum absolute atomic E-state index is 0.743. The van der Waals surface area contributed by atoms with Gasteiger partial charge in [0, 0.05) is 29.8 Å². The predicted octanol–water partition coefficient (Wildman–Crippen LogP) is 4.93. The maximum absolute atomic E-state index is 4.55. The summed E-state index contributed by atoms with van der Waals surface area (Å²) in [5, 5.41) is 3.33. The SMILES string of the molecule is Cc1nc(Nc2ccc(Br)cc2)cc(N(C)Cc2ccccc2)n1. The van der Waals surface area contributed by atoms with Crippen molar-refractivity contribution in [1.29, 1.82) is 0 Å². The van der Waals surface area contributed by atoms with Crippen LogP contribution >= 0.6 is 15.9 Å². The highest BCUT2D eigenvalue weighted by molar-refractivity contribution is 9.10. The topological polar surface area (TPSA) is 41.1 Å². The van der Waals surface area contributed by atoms with E-state index in [4.69, 9.17) is 0 Å². The summed E-state index contributed by atoms with van der Waals surface area (Å²) in [6, 6.07) is 20.3. The Hall–Kier alpha value is -2.40. The maximum atomic E-state index is 4.55. The molecule has 0 saturated heterocycles. The van der Waals surface area contributed by atoms with E-state index in [-0.39, 0.29) is 0 Å². The van der Waals surface area contributed by atoms with E-state index in [1.807, 2.05) is 50.4 Å². The van der Waals surface area contributed by atoms with Crippen molar-refractivity contribution in [3.63, 3.8) is 0 Å². The normalized spacial score (nSPS) is 10.5. The lowest BCUT2D eigenvalue weighted by atomic mass is 10.2. The Kier molecular flexibility index (Phi) is 5.11. The fourth-order valence-corrected chi connectivity index (χ4v) is 2.70. The molecule has 0 saturated carbocycles. The van der Waals surface area contributed by atoms with E-state index in [1.54, 1.807) is 0 Å². The molecule has 0 fully saturated rings. The van der Waals surface area contributed by atoms with Gasteiger partial charge in [0.05, 0.1) is 0 Å². The summed E-state index contributed by atoms with van der Waals surface area (Å²) in [6.07, 6.45) is 0. The van der Waals surface area contributed by atoms with Crippen LogP contribution in [-0.2, 0) is 6.54 Å². The molecule has 3 aromatic rings. The van der Waals surface area contributed by atoms with E-state index in [0.717, 1.165) is 34.2 Å². The highest BCUT2D eigenvalue weighted by Gasteiger charge is 2.08. The number of benzene rings is 2. The van der Waals surface area contributed by atoms with Crippen LogP contribution < -0.4 is 10.2 Å². The highest BCUT2D eigenvalue weighted by Crippen LogP contribution is 2.21. The van der Waals surface area contributed by atoms with Gasteiger partial charge in [0.15, 0.2) is 0 Å². The number of rotatable bonds is 5. The van der Waals surface area contributed by atoms with Crippen LogP contribution in [0.15, 0.2) is 65.1 Å². The average molecular weight is 383 g/mol. The van der Waals surface area contributed by atoms with Gasteiger partial charge in [-0.15, -0.1) is 0 Å². The monoisotopic (exact) mass is 382 g/mol. The van der Waals surface area contributed by atoms with Gasteiger partial charge < -0.3 is 10.2 Å². The lowest BCUT2D eigenvalue weighted by Gasteiger charge is -2.19. The summed E-state index contributed by atoms with van der Waals surface area (Å²) >= 11 is 3.44. The zero-order valence-corrected chi connectivity index (χ0v) is 15.3. The fourth-order valence-electron chi connectivity index (χ4n) is 2.43. The molecule has 1 heterocycles. The molecule has 0 unspecified atom stereocenters. The van der Waals surface area contributed by atoms with Crippen molar-refractivity contribution in [2.24, 2.45) is 0 Å². The van der Waals surface area contributed by atoms with Crippen LogP contribution in [0, 0.1) is 6.92 Å². The van der Waals surface area contributed by atoms with Crippen molar-refractivity contribution in [2.45, 2.75) is 13.5 Å². The molecule has 122 valence electrons. The molecular weight excluding hydrogens is 364 g/mol. The van der Waals surface area contributed by atoms with Crippen LogP contribution in [-0.4, -0.2) is 17.0 Å². The van der Waals surface area contributed by atoms with Crippen LogP contribution in [0.3, 0.4) is 0 Å². The van der Waals surface area contributed by atoms with Gasteiger partial charge in [-0.3, -0.25) is 0 Å². The van der Waals surface area contributed by atoms with E-state index in [0.29, 0.717) is 0 Å². The first kappa shape index (κ1) is 16.5. The average Bonchev–Trinajstić information content (AvgIpc) is 2.57. The number of nitrogens with zero attached hydrogens (tertiary/aromatic N) is 3. The van der Waals surface area contributed by atoms with Crippen LogP contribution in [0.2, 0.25) is 0 Å². The Labute approximate surface area is 150 Å². The van der Waals surface area contributed by atoms with Gasteiger partial charge in [-0.1, -0.05) is 46.3 Å². The zero-order chi connectivity index (χ0) is 16.9. The largest absolute Gasteiger partial charge is 0.355 e. The van der Waals surface area contributed by atoms with Crippen molar-refractivity contribution >= 4 is 33.3 Å². The van der Waals surface area contributed by atoms with E-state index >= 15 is 0 Å². The van der Waals surface area contributed by atoms with Gasteiger partial charge in [-0.2, -0.15) is 0 Å². The molecule has 3 rings (SSSR count). The number of aryl methyl sites for hydroxylation is 1. The van der Waals surface area contributed by atoms with Crippen molar-refractivity contribution in [3.05, 3.63) is 76.5 Å². The standard InChI is InChI=1S/C19H19BrN4/c1-14-21-18(23-17-10-8-16(20)9-11-17)12-19(22-14)24(2)13-15-6-4-3-5-7-15/h3-12H,13H2,1-2H3,(H,21,22,23). The summed E-state index contributed by atoms with van der Waals surface area (Å²) in [4.78, 5) is 11.2. The number of nitrogens with one attached hydrogen (secondary N) is 1. The Balaban J connectivity index is 1.79. The minimum Gasteiger partial charge on any atom is -0.355 e. The van der Waals surface area contributed by atoms with Crippen LogP contribution in [0.4, 0.5) is 17.3 Å². The number of anilines is 3. The fraction of sp³-hybridized carbons (Fsp3) is 0.158. The minimum atomic E-state index is 0.743. The summed E-state index contributed by atoms with van der Waals surface area (Å²) in [5.41, 5.74) is 2.24. The molecule has 0 spiro atoms. The molecule has 0 amide bonds. The molecule has 1 aromatic heterocycles. The van der Waals surface area contributed by atoms with E-state index in [9.17, 15) is 0 Å². The third kappa shape index (κ3) is 4.32. The number of halogens is 1. The van der Waals surface area contributed by atoms with Gasteiger partial charge in [0.2, 0.25) is 0 Å². The van der Waals surface area contributed by atoms with Gasteiger partial charge >= 0.3 is 0 Å². The maximum Gasteiger partial charge on any atom is 0.136 e. The predicted molar refractivity (Wildman–Crippen MR) is 103 cm³/mol. The van der Waals surface area contributed by atoms with E-state index in [2.05, 4.69) is 60.4 Å². The molecule has 24 heavy (non-hydrogen) atoms. The summed E-state index contributed by atoms with van der Waals surface area (Å²) in [5.74, 6) is 2.43. The first-order valence-corrected chi connectivity index (χ1v) is 8.53. The molecule has 0 radical (unpaired) electrons. The molecule has 4 nitrogen and oxygen atoms in total. The first-order chi connectivity index (χ1) is 11.6. The van der Waals surface area contributed by atoms with Crippen LogP contribution in [0.1, 0.15) is 11.4 Å². The number of aromatic nitrogens is 2. The van der Waals surface area contributed by atoms with Gasteiger partial charge in [-0.05, 0) is 36.8 Å². The van der Waals surface area contributed by atoms with Crippen molar-refractivity contribution in [1.82, 2.24) is 9.97 Å². The summed E-state index contributed by atoms with van der Waals surface area (Å²) < 4.78 is 1.05. The van der Waals surface area contributed by atoms with Gasteiger partial charge in [-0.25, -0.2) is 9.97 Å². The van der Waals surface area contributed by atoms with E-state index < -0.39 is 0 Å². The third-order valence-corrected chi connectivity index (χ3v) is 4.12. The molecule has 0 aliphatic heterocycles. The molecule has 0 bridgehead atoms. The molecule has 5 heteroatoms. The van der Waals surface area contributed by atoms with Crippen LogP contribution in [0.25, 0.3) is 0 Å². The van der Waals surface area contributed by atoms with Crippen LogP contribution in [0.5, 0.6) is 0 Å². The molecule has 2 aromatic carbocycles. The quantitative estimate of drug-likeness (QED) is 0.679. The third-order valence-electron chi connectivity index (χ3n) is 3.59. The van der Waals surface area contributed by atoms with Crippen molar-refractivity contribution in [2.75, 3.05) is 17.3 Å². The van der Waals surface area contributed by atoms with Crippen molar-refractivity contribution in [3.8, 4) is 0 Å². The lowest BCUT2D eigenvalue weighted by Crippen LogP contribution is -2.18. The Morgan fingerprint density at radius 2 is 1.71 bits per heavy atom. The zero-order valence-electron chi connectivity index (χ0n) is 13.7. The molecule has 0 aliphatic carbocycles. The molecule has 0 aliphatic rings. The highest BCUT2D eigenvalue weighted by atomic mass is 79.9. The van der Waals surface area contributed by atoms with Crippen molar-refractivity contribution < 1.29 is 0 Å². The summed E-state index contributed by atoms with van der Waals surface area (Å²) in [7, 11) is 2.04. The van der Waals surface area contributed by atoms with Gasteiger partial charge in [0.25, 0.3) is 0 Å². The summed E-state index contributed by atoms with van der Waals surface area (Å²) in [6.45, 7) is 2.71. The second-order valence-electron chi connectivity index (χ2n) is 5.63. The lowest BCUT2D eigenvalue weighted by molar-refractivity contribution is 0.880. The Morgan fingerprint density at radius 3 is 2.42 bits per heavy atom. The van der Waals surface area contributed by atoms with E-state index in [1.165, 1.54) is 5.56 Å². The number of hydrogen-bond donors (Lipinski definition) is 1. The number of hydrogen-bond acceptors (Lipinski definition) is 4. The Morgan fingerprint density at radius 1 is 1.00 bits per heavy atom. The molecule has 0 atom stereocenters. The second-order valence-corrected chi connectivity index (χ2v) is 6.55. The first-order valence-electron chi connectivity index (χ1n) is 7.73. The molecular formula is C19H19BrN4. The Bertz CT molecular complexity index is 803. The smallest absolute Gasteiger partial charge is 0.136 e. The molecule has 1 N–H and O–H groups in total.